The molecular weight excluding hydrogens is 316 g/mol. The molecule has 1 fully saturated rings. The summed E-state index contributed by atoms with van der Waals surface area (Å²) in [6.07, 6.45) is 3.46. The van der Waals surface area contributed by atoms with Gasteiger partial charge in [-0.25, -0.2) is 0 Å². The predicted octanol–water partition coefficient (Wildman–Crippen LogP) is 3.76. The minimum atomic E-state index is -0.106. The Hall–Kier alpha value is -0.550. The van der Waals surface area contributed by atoms with Gasteiger partial charge in [-0.2, -0.15) is 0 Å². The number of piperazine rings is 1. The Bertz CT molecular complexity index is 456. The van der Waals surface area contributed by atoms with Gasteiger partial charge in [-0.05, 0) is 37.1 Å². The Balaban J connectivity index is 1.90. The molecule has 0 bridgehead atoms. The zero-order valence-electron chi connectivity index (χ0n) is 13.4. The van der Waals surface area contributed by atoms with Crippen LogP contribution in [-0.4, -0.2) is 53.7 Å². The summed E-state index contributed by atoms with van der Waals surface area (Å²) in [5.74, 6) is 0. The molecule has 3 nitrogen and oxygen atoms in total. The van der Waals surface area contributed by atoms with E-state index in [0.717, 1.165) is 42.4 Å². The molecule has 0 N–H and O–H groups in total. The summed E-state index contributed by atoms with van der Waals surface area (Å²) in [5, 5.41) is 0.621. The third-order valence-corrected chi connectivity index (χ3v) is 5.80. The predicted molar refractivity (Wildman–Crippen MR) is 94.7 cm³/mol. The van der Waals surface area contributed by atoms with Crippen LogP contribution < -0.4 is 0 Å². The molecule has 0 aliphatic carbocycles. The number of hydrogen-bond acceptors (Lipinski definition) is 4. The maximum atomic E-state index is 11.5. The van der Waals surface area contributed by atoms with Crippen LogP contribution in [0.1, 0.15) is 26.7 Å². The maximum absolute atomic E-state index is 11.5. The van der Waals surface area contributed by atoms with E-state index in [9.17, 15) is 4.79 Å². The lowest BCUT2D eigenvalue weighted by atomic mass is 10.1. The van der Waals surface area contributed by atoms with Crippen LogP contribution in [0.25, 0.3) is 0 Å². The lowest BCUT2D eigenvalue weighted by Gasteiger charge is -2.40. The van der Waals surface area contributed by atoms with Crippen molar-refractivity contribution in [2.45, 2.75) is 43.0 Å². The van der Waals surface area contributed by atoms with Crippen molar-refractivity contribution in [3.05, 3.63) is 29.3 Å². The van der Waals surface area contributed by atoms with Gasteiger partial charge in [0.2, 0.25) is 0 Å². The number of benzene rings is 1. The minimum Gasteiger partial charge on any atom is -0.301 e. The second-order valence-electron chi connectivity index (χ2n) is 5.64. The van der Waals surface area contributed by atoms with Crippen LogP contribution in [0.5, 0.6) is 0 Å². The van der Waals surface area contributed by atoms with Crippen LogP contribution >= 0.6 is 23.4 Å². The van der Waals surface area contributed by atoms with E-state index in [1.165, 1.54) is 12.8 Å². The number of halogens is 1. The van der Waals surface area contributed by atoms with Crippen LogP contribution in [-0.2, 0) is 4.79 Å². The molecule has 1 aliphatic heterocycles. The van der Waals surface area contributed by atoms with Crippen molar-refractivity contribution in [2.75, 3.05) is 26.2 Å². The molecule has 0 aromatic heterocycles. The number of nitrogens with zero attached hydrogens (tertiary/aromatic N) is 2. The van der Waals surface area contributed by atoms with Crippen LogP contribution in [0.15, 0.2) is 29.2 Å². The van der Waals surface area contributed by atoms with Crippen molar-refractivity contribution in [3.8, 4) is 0 Å². The summed E-state index contributed by atoms with van der Waals surface area (Å²) in [4.78, 5) is 17.4. The zero-order chi connectivity index (χ0) is 15.9. The molecule has 1 atom stereocenters. The highest BCUT2D eigenvalue weighted by Gasteiger charge is 2.26. The van der Waals surface area contributed by atoms with E-state index in [2.05, 4.69) is 23.6 Å². The van der Waals surface area contributed by atoms with Crippen LogP contribution in [0.4, 0.5) is 0 Å². The third-order valence-electron chi connectivity index (χ3n) is 4.35. The second kappa shape index (κ2) is 8.92. The molecule has 0 spiro atoms. The number of hydrogen-bond donors (Lipinski definition) is 0. The van der Waals surface area contributed by atoms with Crippen molar-refractivity contribution in [1.29, 1.82) is 0 Å². The largest absolute Gasteiger partial charge is 0.301 e. The quantitative estimate of drug-likeness (QED) is 0.557. The number of carbonyl (C=O) groups is 1. The Morgan fingerprint density at radius 1 is 1.09 bits per heavy atom. The zero-order valence-corrected chi connectivity index (χ0v) is 14.9. The van der Waals surface area contributed by atoms with Gasteiger partial charge >= 0.3 is 0 Å². The molecule has 2 rings (SSSR count). The topological polar surface area (TPSA) is 23.6 Å². The van der Waals surface area contributed by atoms with Crippen LogP contribution in [0.2, 0.25) is 5.02 Å². The first-order valence-corrected chi connectivity index (χ1v) is 9.29. The highest BCUT2D eigenvalue weighted by molar-refractivity contribution is 8.00. The minimum absolute atomic E-state index is 0.106. The van der Waals surface area contributed by atoms with Gasteiger partial charge in [-0.15, -0.1) is 0 Å². The van der Waals surface area contributed by atoms with Gasteiger partial charge in [0.15, 0.2) is 0 Å². The van der Waals surface area contributed by atoms with E-state index in [1.54, 1.807) is 11.8 Å². The Kier molecular flexibility index (Phi) is 7.22. The maximum Gasteiger partial charge on any atom is 0.147 e. The first-order valence-electron chi connectivity index (χ1n) is 8.03. The van der Waals surface area contributed by atoms with E-state index in [0.29, 0.717) is 6.04 Å². The summed E-state index contributed by atoms with van der Waals surface area (Å²) < 4.78 is 0. The van der Waals surface area contributed by atoms with Crippen molar-refractivity contribution < 1.29 is 4.79 Å². The van der Waals surface area contributed by atoms with E-state index in [1.807, 2.05) is 24.3 Å². The van der Waals surface area contributed by atoms with E-state index in [4.69, 9.17) is 11.6 Å². The van der Waals surface area contributed by atoms with Crippen molar-refractivity contribution in [3.63, 3.8) is 0 Å². The first-order chi connectivity index (χ1) is 10.7. The summed E-state index contributed by atoms with van der Waals surface area (Å²) >= 11 is 7.51. The number of thioether (sulfide) groups is 1. The molecule has 1 saturated heterocycles. The van der Waals surface area contributed by atoms with E-state index < -0.39 is 0 Å². The van der Waals surface area contributed by atoms with E-state index in [-0.39, 0.29) is 5.37 Å². The number of carbonyl (C=O) groups excluding carboxylic acids is 1. The molecule has 1 unspecified atom stereocenters. The standard InChI is InChI=1S/C17H25ClN2OS/c1-3-15(4-2)19-9-11-20(12-10-19)17(13-21)22-16-7-5-14(18)6-8-16/h5-8,13,15,17H,3-4,9-12H2,1-2H3. The highest BCUT2D eigenvalue weighted by atomic mass is 35.5. The highest BCUT2D eigenvalue weighted by Crippen LogP contribution is 2.27. The van der Waals surface area contributed by atoms with Gasteiger partial charge in [0, 0.05) is 42.1 Å². The molecule has 22 heavy (non-hydrogen) atoms. The molecule has 5 heteroatoms. The van der Waals surface area contributed by atoms with Crippen LogP contribution in [0, 0.1) is 0 Å². The first kappa shape index (κ1) is 17.8. The normalized spacial score (nSPS) is 18.5. The lowest BCUT2D eigenvalue weighted by Crippen LogP contribution is -2.52. The van der Waals surface area contributed by atoms with Gasteiger partial charge in [0.1, 0.15) is 11.7 Å². The molecule has 1 aromatic rings. The summed E-state index contributed by atoms with van der Waals surface area (Å²) in [7, 11) is 0. The molecule has 0 saturated carbocycles. The van der Waals surface area contributed by atoms with Crippen molar-refractivity contribution in [1.82, 2.24) is 9.80 Å². The monoisotopic (exact) mass is 340 g/mol. The van der Waals surface area contributed by atoms with Crippen LogP contribution in [0.3, 0.4) is 0 Å². The van der Waals surface area contributed by atoms with E-state index >= 15 is 0 Å². The van der Waals surface area contributed by atoms with Crippen molar-refractivity contribution in [2.24, 2.45) is 0 Å². The van der Waals surface area contributed by atoms with Gasteiger partial charge in [-0.3, -0.25) is 9.80 Å². The fraction of sp³-hybridized carbons (Fsp3) is 0.588. The molecule has 122 valence electrons. The molecule has 0 radical (unpaired) electrons. The molecule has 1 aromatic carbocycles. The Morgan fingerprint density at radius 2 is 1.64 bits per heavy atom. The average molecular weight is 341 g/mol. The SMILES string of the molecule is CCC(CC)N1CCN(C(C=O)Sc2ccc(Cl)cc2)CC1. The second-order valence-corrected chi connectivity index (χ2v) is 7.27. The number of aldehydes is 1. The summed E-state index contributed by atoms with van der Waals surface area (Å²) in [6.45, 7) is 8.53. The molecule has 1 aliphatic rings. The third kappa shape index (κ3) is 4.72. The molecule has 1 heterocycles. The summed E-state index contributed by atoms with van der Waals surface area (Å²) in [5.41, 5.74) is 0. The lowest BCUT2D eigenvalue weighted by molar-refractivity contribution is -0.110. The Morgan fingerprint density at radius 3 is 2.14 bits per heavy atom. The Labute approximate surface area is 143 Å². The van der Waals surface area contributed by atoms with Gasteiger partial charge in [-0.1, -0.05) is 37.2 Å². The van der Waals surface area contributed by atoms with Gasteiger partial charge in [0.25, 0.3) is 0 Å². The summed E-state index contributed by atoms with van der Waals surface area (Å²) in [6, 6.07) is 8.38. The average Bonchev–Trinajstić information content (AvgIpc) is 2.56. The fourth-order valence-corrected chi connectivity index (χ4v) is 4.12. The van der Waals surface area contributed by atoms with Gasteiger partial charge in [0.05, 0.1) is 0 Å². The smallest absolute Gasteiger partial charge is 0.147 e. The van der Waals surface area contributed by atoms with Gasteiger partial charge < -0.3 is 4.79 Å². The fourth-order valence-electron chi connectivity index (χ4n) is 3.00. The molecular formula is C17H25ClN2OS. The number of rotatable bonds is 7. The molecule has 0 amide bonds. The van der Waals surface area contributed by atoms with Crippen molar-refractivity contribution >= 4 is 29.6 Å².